The van der Waals surface area contributed by atoms with Crippen LogP contribution < -0.4 is 0 Å². The van der Waals surface area contributed by atoms with Crippen LogP contribution >= 0.6 is 0 Å². The van der Waals surface area contributed by atoms with Crippen molar-refractivity contribution in [1.29, 1.82) is 0 Å². The summed E-state index contributed by atoms with van der Waals surface area (Å²) in [6.45, 7) is 8.13. The first-order chi connectivity index (χ1) is 15.3. The number of aliphatic hydroxyl groups is 1. The lowest BCUT2D eigenvalue weighted by Crippen LogP contribution is -2.23. The van der Waals surface area contributed by atoms with Gasteiger partial charge in [-0.05, 0) is 31.8 Å². The van der Waals surface area contributed by atoms with Gasteiger partial charge in [0.25, 0.3) is 0 Å². The Morgan fingerprint density at radius 3 is 2.62 bits per heavy atom. The van der Waals surface area contributed by atoms with Gasteiger partial charge in [0, 0.05) is 31.9 Å². The number of methoxy groups -OCH3 is 1. The molecule has 0 fully saturated rings. The number of esters is 1. The summed E-state index contributed by atoms with van der Waals surface area (Å²) in [5.74, 6) is 0.668. The SMILES string of the molecule is CCC=C1CC=CC=CC(OC)CC(O)C(C)C=CCC(C)C=CC=C(C)C=CC(=O)O1. The van der Waals surface area contributed by atoms with Gasteiger partial charge < -0.3 is 14.6 Å². The van der Waals surface area contributed by atoms with E-state index < -0.39 is 6.10 Å². The van der Waals surface area contributed by atoms with Crippen LogP contribution in [0.1, 0.15) is 53.4 Å². The van der Waals surface area contributed by atoms with Gasteiger partial charge in [0.05, 0.1) is 12.2 Å². The number of ether oxygens (including phenoxy) is 2. The third kappa shape index (κ3) is 12.4. The molecule has 1 N–H and O–H groups in total. The van der Waals surface area contributed by atoms with Gasteiger partial charge in [-0.1, -0.05) is 87.1 Å². The van der Waals surface area contributed by atoms with Crippen molar-refractivity contribution in [2.24, 2.45) is 11.8 Å². The Hall–Kier alpha value is -2.43. The quantitative estimate of drug-likeness (QED) is 0.400. The minimum absolute atomic E-state index is 0.0503. The van der Waals surface area contributed by atoms with Crippen molar-refractivity contribution in [3.05, 3.63) is 84.2 Å². The summed E-state index contributed by atoms with van der Waals surface area (Å²) in [6, 6.07) is 0. The summed E-state index contributed by atoms with van der Waals surface area (Å²) in [5, 5.41) is 10.5. The van der Waals surface area contributed by atoms with E-state index in [2.05, 4.69) is 25.2 Å². The molecule has 1 aliphatic heterocycles. The average molecular weight is 441 g/mol. The van der Waals surface area contributed by atoms with Gasteiger partial charge in [-0.3, -0.25) is 0 Å². The van der Waals surface area contributed by atoms with E-state index in [4.69, 9.17) is 9.47 Å². The van der Waals surface area contributed by atoms with Crippen molar-refractivity contribution in [2.45, 2.75) is 65.6 Å². The Balaban J connectivity index is 3.03. The minimum atomic E-state index is -0.482. The zero-order chi connectivity index (χ0) is 23.8. The van der Waals surface area contributed by atoms with E-state index in [1.54, 1.807) is 13.2 Å². The molecule has 176 valence electrons. The second kappa shape index (κ2) is 16.2. The monoisotopic (exact) mass is 440 g/mol. The first kappa shape index (κ1) is 27.6. The molecule has 0 aromatic rings. The van der Waals surface area contributed by atoms with E-state index in [9.17, 15) is 9.90 Å². The number of carbonyl (C=O) groups excluding carboxylic acids is 1. The van der Waals surface area contributed by atoms with Gasteiger partial charge >= 0.3 is 5.97 Å². The van der Waals surface area contributed by atoms with Crippen LogP contribution in [0.5, 0.6) is 0 Å². The maximum Gasteiger partial charge on any atom is 0.335 e. The molecule has 0 saturated heterocycles. The molecule has 4 unspecified atom stereocenters. The molecule has 0 aromatic heterocycles. The molecule has 1 heterocycles. The Kier molecular flexibility index (Phi) is 14.0. The number of rotatable bonds is 2. The number of hydrogen-bond acceptors (Lipinski definition) is 4. The third-order valence-electron chi connectivity index (χ3n) is 5.17. The predicted molar refractivity (Wildman–Crippen MR) is 133 cm³/mol. The highest BCUT2D eigenvalue weighted by Gasteiger charge is 2.16. The molecular formula is C28H40O4. The summed E-state index contributed by atoms with van der Waals surface area (Å²) in [4.78, 5) is 12.2. The average Bonchev–Trinajstić information content (AvgIpc) is 2.75. The molecule has 0 aliphatic carbocycles. The maximum atomic E-state index is 12.2. The van der Waals surface area contributed by atoms with Gasteiger partial charge in [-0.15, -0.1) is 0 Å². The number of aliphatic hydroxyl groups excluding tert-OH is 1. The van der Waals surface area contributed by atoms with Crippen LogP contribution in [0.4, 0.5) is 0 Å². The highest BCUT2D eigenvalue weighted by atomic mass is 16.5. The molecule has 1 rings (SSSR count). The standard InChI is InChI=1S/C28H40O4/c1-6-12-25-17-8-7-9-18-26(31-5)21-27(29)24(4)16-11-15-22(2)13-10-14-23(3)19-20-28(30)32-25/h7-14,16,18-20,22,24,26-27,29H,6,15,17,21H2,1-5H3. The Bertz CT molecular complexity index is 764. The zero-order valence-electron chi connectivity index (χ0n) is 20.2. The molecule has 4 heteroatoms. The van der Waals surface area contributed by atoms with Gasteiger partial charge in [0.15, 0.2) is 0 Å². The normalized spacial score (nSPS) is 28.1. The fraction of sp³-hybridized carbons (Fsp3) is 0.464. The van der Waals surface area contributed by atoms with Gasteiger partial charge in [0.1, 0.15) is 5.76 Å². The molecule has 0 spiro atoms. The smallest absolute Gasteiger partial charge is 0.335 e. The lowest BCUT2D eigenvalue weighted by molar-refractivity contribution is -0.133. The van der Waals surface area contributed by atoms with E-state index >= 15 is 0 Å². The van der Waals surface area contributed by atoms with Crippen LogP contribution in [0.3, 0.4) is 0 Å². The van der Waals surface area contributed by atoms with Crippen molar-refractivity contribution in [3.8, 4) is 0 Å². The first-order valence-electron chi connectivity index (χ1n) is 11.5. The van der Waals surface area contributed by atoms with E-state index in [1.807, 2.05) is 63.3 Å². The molecule has 1 aliphatic rings. The summed E-state index contributed by atoms with van der Waals surface area (Å²) in [5.41, 5.74) is 0.971. The highest BCUT2D eigenvalue weighted by molar-refractivity contribution is 5.83. The molecule has 32 heavy (non-hydrogen) atoms. The molecule has 4 nitrogen and oxygen atoms in total. The zero-order valence-corrected chi connectivity index (χ0v) is 20.2. The third-order valence-corrected chi connectivity index (χ3v) is 5.17. The number of hydrogen-bond donors (Lipinski definition) is 1. The number of cyclic esters (lactones) is 1. The fourth-order valence-electron chi connectivity index (χ4n) is 3.08. The first-order valence-corrected chi connectivity index (χ1v) is 11.5. The van der Waals surface area contributed by atoms with E-state index in [1.165, 1.54) is 6.08 Å². The summed E-state index contributed by atoms with van der Waals surface area (Å²) >= 11 is 0. The van der Waals surface area contributed by atoms with Crippen LogP contribution in [0.2, 0.25) is 0 Å². The molecule has 0 amide bonds. The maximum absolute atomic E-state index is 12.2. The van der Waals surface area contributed by atoms with Crippen molar-refractivity contribution < 1.29 is 19.4 Å². The summed E-state index contributed by atoms with van der Waals surface area (Å²) < 4.78 is 11.0. The number of allylic oxidation sites excluding steroid dienone is 10. The van der Waals surface area contributed by atoms with E-state index in [0.29, 0.717) is 24.5 Å². The lowest BCUT2D eigenvalue weighted by Gasteiger charge is -2.19. The lowest BCUT2D eigenvalue weighted by atomic mass is 9.97. The Morgan fingerprint density at radius 2 is 1.91 bits per heavy atom. The topological polar surface area (TPSA) is 55.8 Å². The van der Waals surface area contributed by atoms with Crippen molar-refractivity contribution >= 4 is 5.97 Å². The largest absolute Gasteiger partial charge is 0.428 e. The van der Waals surface area contributed by atoms with Crippen molar-refractivity contribution in [3.63, 3.8) is 0 Å². The Morgan fingerprint density at radius 1 is 1.12 bits per heavy atom. The number of carbonyl (C=O) groups is 1. The van der Waals surface area contributed by atoms with Gasteiger partial charge in [-0.25, -0.2) is 4.79 Å². The van der Waals surface area contributed by atoms with Gasteiger partial charge in [0.2, 0.25) is 0 Å². The molecule has 0 bridgehead atoms. The fourth-order valence-corrected chi connectivity index (χ4v) is 3.08. The summed E-state index contributed by atoms with van der Waals surface area (Å²) in [6.07, 6.45) is 25.2. The van der Waals surface area contributed by atoms with Crippen molar-refractivity contribution in [1.82, 2.24) is 0 Å². The van der Waals surface area contributed by atoms with Crippen LogP contribution in [-0.2, 0) is 14.3 Å². The van der Waals surface area contributed by atoms with Crippen LogP contribution in [0.15, 0.2) is 84.2 Å². The minimum Gasteiger partial charge on any atom is -0.428 e. The second-order valence-electron chi connectivity index (χ2n) is 8.22. The van der Waals surface area contributed by atoms with Crippen LogP contribution in [-0.4, -0.2) is 30.4 Å². The molecular weight excluding hydrogens is 400 g/mol. The molecule has 0 radical (unpaired) electrons. The second-order valence-corrected chi connectivity index (χ2v) is 8.22. The molecule has 0 aromatic carbocycles. The predicted octanol–water partition coefficient (Wildman–Crippen LogP) is 6.38. The van der Waals surface area contributed by atoms with Crippen molar-refractivity contribution in [2.75, 3.05) is 7.11 Å². The van der Waals surface area contributed by atoms with Gasteiger partial charge in [-0.2, -0.15) is 0 Å². The Labute approximate surface area is 194 Å². The molecule has 0 saturated carbocycles. The van der Waals surface area contributed by atoms with E-state index in [-0.39, 0.29) is 18.0 Å². The van der Waals surface area contributed by atoms with E-state index in [0.717, 1.165) is 18.4 Å². The summed E-state index contributed by atoms with van der Waals surface area (Å²) in [7, 11) is 1.65. The highest BCUT2D eigenvalue weighted by Crippen LogP contribution is 2.16. The molecule has 4 atom stereocenters. The van der Waals surface area contributed by atoms with Crippen LogP contribution in [0, 0.1) is 11.8 Å². The van der Waals surface area contributed by atoms with Crippen LogP contribution in [0.25, 0.3) is 0 Å².